The molecule has 1 N–H and O–H groups in total. The quantitative estimate of drug-likeness (QED) is 0.891. The lowest BCUT2D eigenvalue weighted by atomic mass is 10.1. The van der Waals surface area contributed by atoms with E-state index >= 15 is 0 Å². The van der Waals surface area contributed by atoms with Crippen LogP contribution in [0.5, 0.6) is 0 Å². The molecule has 82 valence electrons. The maximum absolute atomic E-state index is 10.6. The Bertz CT molecular complexity index is 504. The van der Waals surface area contributed by atoms with Crippen LogP contribution in [0, 0.1) is 0 Å². The highest BCUT2D eigenvalue weighted by atomic mass is 35.5. The van der Waals surface area contributed by atoms with Crippen LogP contribution in [0.15, 0.2) is 35.1 Å². The normalized spacial score (nSPS) is 10.3. The molecular formula is C11H8ClNO3. The highest BCUT2D eigenvalue weighted by Gasteiger charge is 2.12. The lowest BCUT2D eigenvalue weighted by molar-refractivity contribution is -0.136. The molecule has 1 aromatic carbocycles. The first-order chi connectivity index (χ1) is 7.66. The average Bonchev–Trinajstić information content (AvgIpc) is 2.66. The third-order valence-corrected chi connectivity index (χ3v) is 2.37. The van der Waals surface area contributed by atoms with Crippen LogP contribution in [-0.2, 0) is 11.2 Å². The Labute approximate surface area is 96.4 Å². The predicted octanol–water partition coefficient (Wildman–Crippen LogP) is 2.62. The van der Waals surface area contributed by atoms with Gasteiger partial charge < -0.3 is 9.63 Å². The molecule has 0 unspecified atom stereocenters. The molecular weight excluding hydrogens is 230 g/mol. The fourth-order valence-corrected chi connectivity index (χ4v) is 1.52. The molecule has 16 heavy (non-hydrogen) atoms. The number of carboxylic acid groups (broad SMARTS) is 1. The van der Waals surface area contributed by atoms with Gasteiger partial charge in [-0.3, -0.25) is 4.79 Å². The maximum Gasteiger partial charge on any atom is 0.309 e. The first kappa shape index (κ1) is 10.7. The van der Waals surface area contributed by atoms with E-state index in [0.717, 1.165) is 5.56 Å². The van der Waals surface area contributed by atoms with E-state index in [9.17, 15) is 4.79 Å². The molecule has 1 aromatic heterocycles. The molecule has 2 aromatic rings. The summed E-state index contributed by atoms with van der Waals surface area (Å²) in [5, 5.41) is 13.0. The minimum Gasteiger partial charge on any atom is -0.481 e. The molecule has 5 heteroatoms. The summed E-state index contributed by atoms with van der Waals surface area (Å²) < 4.78 is 4.78. The molecule has 0 saturated heterocycles. The van der Waals surface area contributed by atoms with Gasteiger partial charge in [0.2, 0.25) is 0 Å². The van der Waals surface area contributed by atoms with E-state index in [-0.39, 0.29) is 6.42 Å². The number of nitrogens with zero attached hydrogens (tertiary/aromatic N) is 1. The molecule has 0 aliphatic rings. The van der Waals surface area contributed by atoms with E-state index < -0.39 is 5.97 Å². The van der Waals surface area contributed by atoms with Gasteiger partial charge in [-0.15, -0.1) is 0 Å². The monoisotopic (exact) mass is 237 g/mol. The minimum absolute atomic E-state index is 0.158. The molecule has 4 nitrogen and oxygen atoms in total. The number of rotatable bonds is 3. The number of carbonyl (C=O) groups is 1. The number of halogens is 1. The lowest BCUT2D eigenvalue weighted by Crippen LogP contribution is -2.01. The van der Waals surface area contributed by atoms with E-state index in [1.165, 1.54) is 6.26 Å². The average molecular weight is 238 g/mol. The summed E-state index contributed by atoms with van der Waals surface area (Å²) >= 11 is 5.76. The number of hydrogen-bond acceptors (Lipinski definition) is 3. The van der Waals surface area contributed by atoms with E-state index in [1.807, 2.05) is 0 Å². The molecule has 0 spiro atoms. The van der Waals surface area contributed by atoms with Crippen molar-refractivity contribution in [2.75, 3.05) is 0 Å². The molecule has 0 saturated carbocycles. The van der Waals surface area contributed by atoms with Gasteiger partial charge in [0, 0.05) is 10.6 Å². The van der Waals surface area contributed by atoms with Crippen molar-refractivity contribution in [3.8, 4) is 11.1 Å². The van der Waals surface area contributed by atoms with Crippen molar-refractivity contribution in [2.24, 2.45) is 0 Å². The van der Waals surface area contributed by atoms with E-state index in [0.29, 0.717) is 16.3 Å². The van der Waals surface area contributed by atoms with Crippen molar-refractivity contribution >= 4 is 17.6 Å². The van der Waals surface area contributed by atoms with Crippen molar-refractivity contribution in [3.63, 3.8) is 0 Å². The molecule has 0 aliphatic heterocycles. The fourth-order valence-electron chi connectivity index (χ4n) is 1.39. The zero-order valence-corrected chi connectivity index (χ0v) is 8.94. The molecule has 0 aliphatic carbocycles. The Morgan fingerprint density at radius 1 is 1.38 bits per heavy atom. The zero-order chi connectivity index (χ0) is 11.5. The van der Waals surface area contributed by atoms with Crippen LogP contribution >= 0.6 is 11.6 Å². The van der Waals surface area contributed by atoms with Crippen molar-refractivity contribution in [1.82, 2.24) is 5.16 Å². The van der Waals surface area contributed by atoms with E-state index in [4.69, 9.17) is 21.2 Å². The van der Waals surface area contributed by atoms with Crippen LogP contribution in [-0.4, -0.2) is 16.2 Å². The first-order valence-corrected chi connectivity index (χ1v) is 4.95. The van der Waals surface area contributed by atoms with Gasteiger partial charge in [-0.1, -0.05) is 28.9 Å². The molecule has 0 radical (unpaired) electrons. The highest BCUT2D eigenvalue weighted by Crippen LogP contribution is 2.24. The van der Waals surface area contributed by atoms with Gasteiger partial charge in [0.1, 0.15) is 12.0 Å². The number of aliphatic carboxylic acids is 1. The smallest absolute Gasteiger partial charge is 0.309 e. The highest BCUT2D eigenvalue weighted by molar-refractivity contribution is 6.30. The Balaban J connectivity index is 2.36. The molecule has 2 rings (SSSR count). The summed E-state index contributed by atoms with van der Waals surface area (Å²) in [5.41, 5.74) is 1.93. The van der Waals surface area contributed by atoms with Gasteiger partial charge in [0.05, 0.1) is 6.42 Å². The molecule has 0 bridgehead atoms. The Kier molecular flexibility index (Phi) is 2.92. The van der Waals surface area contributed by atoms with Crippen LogP contribution < -0.4 is 0 Å². The predicted molar refractivity (Wildman–Crippen MR) is 58.3 cm³/mol. The van der Waals surface area contributed by atoms with E-state index in [2.05, 4.69) is 5.16 Å². The maximum atomic E-state index is 10.6. The topological polar surface area (TPSA) is 63.3 Å². The van der Waals surface area contributed by atoms with Crippen molar-refractivity contribution in [1.29, 1.82) is 0 Å². The van der Waals surface area contributed by atoms with E-state index in [1.54, 1.807) is 24.3 Å². The van der Waals surface area contributed by atoms with Gasteiger partial charge in [-0.05, 0) is 17.7 Å². The number of hydrogen-bond donors (Lipinski definition) is 1. The van der Waals surface area contributed by atoms with Crippen LogP contribution in [0.3, 0.4) is 0 Å². The van der Waals surface area contributed by atoms with Crippen molar-refractivity contribution < 1.29 is 14.4 Å². The van der Waals surface area contributed by atoms with Crippen LogP contribution in [0.25, 0.3) is 11.1 Å². The third-order valence-electron chi connectivity index (χ3n) is 2.12. The molecule has 1 heterocycles. The number of carboxylic acids is 1. The fraction of sp³-hybridized carbons (Fsp3) is 0.0909. The van der Waals surface area contributed by atoms with Crippen LogP contribution in [0.4, 0.5) is 0 Å². The van der Waals surface area contributed by atoms with Crippen LogP contribution in [0.2, 0.25) is 5.02 Å². The Hall–Kier alpha value is -1.81. The second-order valence-corrected chi connectivity index (χ2v) is 3.69. The summed E-state index contributed by atoms with van der Waals surface area (Å²) in [6, 6.07) is 7.04. The largest absolute Gasteiger partial charge is 0.481 e. The standard InChI is InChI=1S/C11H8ClNO3/c12-8-3-1-7(2-4-8)9-6-16-13-10(9)5-11(14)15/h1-4,6H,5H2,(H,14,15). The summed E-state index contributed by atoms with van der Waals surface area (Å²) in [6.45, 7) is 0. The second-order valence-electron chi connectivity index (χ2n) is 3.25. The second kappa shape index (κ2) is 4.37. The Morgan fingerprint density at radius 3 is 2.69 bits per heavy atom. The molecule has 0 fully saturated rings. The number of benzene rings is 1. The van der Waals surface area contributed by atoms with Gasteiger partial charge in [0.15, 0.2) is 0 Å². The molecule has 0 amide bonds. The van der Waals surface area contributed by atoms with Gasteiger partial charge in [0.25, 0.3) is 0 Å². The van der Waals surface area contributed by atoms with Crippen molar-refractivity contribution in [3.05, 3.63) is 41.2 Å². The van der Waals surface area contributed by atoms with Crippen molar-refractivity contribution in [2.45, 2.75) is 6.42 Å². The number of aromatic nitrogens is 1. The van der Waals surface area contributed by atoms with Gasteiger partial charge in [-0.25, -0.2) is 0 Å². The lowest BCUT2D eigenvalue weighted by Gasteiger charge is -1.99. The summed E-state index contributed by atoms with van der Waals surface area (Å²) in [7, 11) is 0. The molecule has 0 atom stereocenters. The third kappa shape index (κ3) is 2.23. The minimum atomic E-state index is -0.941. The summed E-state index contributed by atoms with van der Waals surface area (Å²) in [4.78, 5) is 10.6. The summed E-state index contributed by atoms with van der Waals surface area (Å²) in [5.74, 6) is -0.941. The SMILES string of the molecule is O=C(O)Cc1nocc1-c1ccc(Cl)cc1. The van der Waals surface area contributed by atoms with Gasteiger partial charge >= 0.3 is 5.97 Å². The van der Waals surface area contributed by atoms with Gasteiger partial charge in [-0.2, -0.15) is 0 Å². The first-order valence-electron chi connectivity index (χ1n) is 4.58. The Morgan fingerprint density at radius 2 is 2.06 bits per heavy atom. The van der Waals surface area contributed by atoms with Crippen LogP contribution in [0.1, 0.15) is 5.69 Å². The zero-order valence-electron chi connectivity index (χ0n) is 8.18. The summed E-state index contributed by atoms with van der Waals surface area (Å²) in [6.07, 6.45) is 1.27.